The van der Waals surface area contributed by atoms with Gasteiger partial charge in [-0.25, -0.2) is 0 Å². The predicted molar refractivity (Wildman–Crippen MR) is 69.8 cm³/mol. The molecular weight excluding hydrogens is 258 g/mol. The van der Waals surface area contributed by atoms with Crippen LogP contribution in [0.4, 0.5) is 5.69 Å². The van der Waals surface area contributed by atoms with Crippen LogP contribution in [-0.2, 0) is 9.59 Å². The number of nitrogens with zero attached hydrogens (tertiary/aromatic N) is 4. The van der Waals surface area contributed by atoms with Crippen LogP contribution < -0.4 is 10.3 Å². The molecule has 2 saturated heterocycles. The van der Waals surface area contributed by atoms with Crippen LogP contribution in [0.15, 0.2) is 30.3 Å². The minimum absolute atomic E-state index is 0.155. The number of hydrogen-bond donors (Lipinski definition) is 1. The Labute approximate surface area is 115 Å². The molecule has 3 rings (SSSR count). The number of rotatable bonds is 2. The molecule has 102 valence electrons. The van der Waals surface area contributed by atoms with Gasteiger partial charge < -0.3 is 4.90 Å². The molecule has 2 aliphatic rings. The molecule has 0 saturated carbocycles. The van der Waals surface area contributed by atoms with Crippen molar-refractivity contribution in [2.24, 2.45) is 0 Å². The van der Waals surface area contributed by atoms with E-state index in [0.29, 0.717) is 13.1 Å². The van der Waals surface area contributed by atoms with E-state index in [0.717, 1.165) is 10.7 Å². The summed E-state index contributed by atoms with van der Waals surface area (Å²) < 4.78 is 0. The van der Waals surface area contributed by atoms with Gasteiger partial charge in [0.05, 0.1) is 6.07 Å². The third kappa shape index (κ3) is 1.87. The van der Waals surface area contributed by atoms with Gasteiger partial charge in [-0.3, -0.25) is 19.5 Å². The number of hydrogen-bond acceptors (Lipinski definition) is 5. The number of para-hydroxylation sites is 1. The van der Waals surface area contributed by atoms with E-state index in [9.17, 15) is 9.59 Å². The van der Waals surface area contributed by atoms with Gasteiger partial charge in [-0.2, -0.15) is 10.7 Å². The molecule has 0 radical (unpaired) electrons. The van der Waals surface area contributed by atoms with Crippen LogP contribution in [0.5, 0.6) is 0 Å². The lowest BCUT2D eigenvalue weighted by Gasteiger charge is -2.39. The second kappa shape index (κ2) is 4.83. The molecule has 2 heterocycles. The molecule has 2 fully saturated rings. The van der Waals surface area contributed by atoms with Gasteiger partial charge >= 0.3 is 11.8 Å². The summed E-state index contributed by atoms with van der Waals surface area (Å²) in [7, 11) is 0. The van der Waals surface area contributed by atoms with Crippen molar-refractivity contribution >= 4 is 17.5 Å². The van der Waals surface area contributed by atoms with Crippen LogP contribution in [0.1, 0.15) is 0 Å². The van der Waals surface area contributed by atoms with E-state index < -0.39 is 18.1 Å². The number of carbonyl (C=O) groups is 2. The summed E-state index contributed by atoms with van der Waals surface area (Å²) in [6.45, 7) is 0.968. The lowest BCUT2D eigenvalue weighted by molar-refractivity contribution is -0.162. The number of hydrazine groups is 1. The van der Waals surface area contributed by atoms with Crippen LogP contribution >= 0.6 is 0 Å². The quantitative estimate of drug-likeness (QED) is 0.579. The Kier molecular flexibility index (Phi) is 3.00. The lowest BCUT2D eigenvalue weighted by atomic mass is 10.3. The van der Waals surface area contributed by atoms with Crippen molar-refractivity contribution in [3.05, 3.63) is 30.3 Å². The summed E-state index contributed by atoms with van der Waals surface area (Å²) >= 11 is 0. The Morgan fingerprint density at radius 2 is 1.85 bits per heavy atom. The summed E-state index contributed by atoms with van der Waals surface area (Å²) in [6.07, 6.45) is -0.420. The Hall–Kier alpha value is -2.59. The van der Waals surface area contributed by atoms with Crippen molar-refractivity contribution in [3.8, 4) is 6.07 Å². The highest BCUT2D eigenvalue weighted by atomic mass is 16.2. The van der Waals surface area contributed by atoms with Crippen molar-refractivity contribution in [3.63, 3.8) is 0 Å². The first-order chi connectivity index (χ1) is 9.72. The first-order valence-electron chi connectivity index (χ1n) is 6.29. The van der Waals surface area contributed by atoms with E-state index in [4.69, 9.17) is 5.26 Å². The summed E-state index contributed by atoms with van der Waals surface area (Å²) in [6, 6.07) is 11.5. The molecule has 1 aromatic rings. The molecule has 0 aromatic heterocycles. The first kappa shape index (κ1) is 12.4. The SMILES string of the molecule is N#CCN1NC2N(CCN2c2ccccc2)C(=O)C1=O. The number of carbonyl (C=O) groups excluding carboxylic acids is 2. The normalized spacial score (nSPS) is 21.9. The van der Waals surface area contributed by atoms with E-state index in [1.54, 1.807) is 0 Å². The third-order valence-electron chi connectivity index (χ3n) is 3.45. The molecule has 20 heavy (non-hydrogen) atoms. The van der Waals surface area contributed by atoms with Gasteiger partial charge in [0.15, 0.2) is 6.29 Å². The Morgan fingerprint density at radius 1 is 1.15 bits per heavy atom. The highest BCUT2D eigenvalue weighted by Crippen LogP contribution is 2.24. The maximum atomic E-state index is 12.0. The molecule has 1 atom stereocenters. The molecule has 7 nitrogen and oxygen atoms in total. The highest BCUT2D eigenvalue weighted by molar-refractivity contribution is 6.35. The number of amides is 2. The number of fused-ring (bicyclic) bond motifs is 1. The largest absolute Gasteiger partial charge is 0.336 e. The van der Waals surface area contributed by atoms with E-state index in [1.165, 1.54) is 4.90 Å². The van der Waals surface area contributed by atoms with Crippen LogP contribution in [-0.4, -0.2) is 47.6 Å². The van der Waals surface area contributed by atoms with E-state index in [-0.39, 0.29) is 6.54 Å². The minimum Gasteiger partial charge on any atom is -0.336 e. The van der Waals surface area contributed by atoms with Gasteiger partial charge in [-0.1, -0.05) is 18.2 Å². The van der Waals surface area contributed by atoms with Crippen LogP contribution in [0.2, 0.25) is 0 Å². The molecule has 7 heteroatoms. The number of nitrogens with one attached hydrogen (secondary N) is 1. The molecular formula is C13H13N5O2. The van der Waals surface area contributed by atoms with Gasteiger partial charge in [0.25, 0.3) is 0 Å². The van der Waals surface area contributed by atoms with Crippen molar-refractivity contribution in [2.45, 2.75) is 6.29 Å². The van der Waals surface area contributed by atoms with Gasteiger partial charge in [0.2, 0.25) is 0 Å². The smallest absolute Gasteiger partial charge is 0.327 e. The highest BCUT2D eigenvalue weighted by Gasteiger charge is 2.45. The van der Waals surface area contributed by atoms with Crippen LogP contribution in [0.3, 0.4) is 0 Å². The average molecular weight is 271 g/mol. The van der Waals surface area contributed by atoms with Gasteiger partial charge in [0.1, 0.15) is 6.54 Å². The minimum atomic E-state index is -0.683. The van der Waals surface area contributed by atoms with E-state index >= 15 is 0 Å². The molecule has 0 spiro atoms. The van der Waals surface area contributed by atoms with Crippen molar-refractivity contribution in [1.29, 1.82) is 5.26 Å². The fourth-order valence-electron chi connectivity index (χ4n) is 2.49. The summed E-state index contributed by atoms with van der Waals surface area (Å²) in [5.41, 5.74) is 3.90. The zero-order valence-corrected chi connectivity index (χ0v) is 10.7. The predicted octanol–water partition coefficient (Wildman–Crippen LogP) is -0.511. The zero-order chi connectivity index (χ0) is 14.1. The standard InChI is InChI=1S/C13H13N5O2/c14-6-7-18-12(20)11(19)17-9-8-16(13(17)15-18)10-4-2-1-3-5-10/h1-5,13,15H,7-9H2. The molecule has 1 N–H and O–H groups in total. The van der Waals surface area contributed by atoms with Gasteiger partial charge in [0, 0.05) is 18.8 Å². The Bertz CT molecular complexity index is 582. The van der Waals surface area contributed by atoms with Gasteiger partial charge in [-0.05, 0) is 12.1 Å². The van der Waals surface area contributed by atoms with Crippen molar-refractivity contribution < 1.29 is 9.59 Å². The van der Waals surface area contributed by atoms with E-state index in [1.807, 2.05) is 41.3 Å². The molecule has 1 unspecified atom stereocenters. The number of benzene rings is 1. The molecule has 1 aromatic carbocycles. The van der Waals surface area contributed by atoms with Crippen LogP contribution in [0, 0.1) is 11.3 Å². The van der Waals surface area contributed by atoms with Crippen molar-refractivity contribution in [2.75, 3.05) is 24.5 Å². The monoisotopic (exact) mass is 271 g/mol. The maximum Gasteiger partial charge on any atom is 0.327 e. The maximum absolute atomic E-state index is 12.0. The topological polar surface area (TPSA) is 79.7 Å². The fourth-order valence-corrected chi connectivity index (χ4v) is 2.49. The Morgan fingerprint density at radius 3 is 2.55 bits per heavy atom. The Balaban J connectivity index is 1.88. The molecule has 2 aliphatic heterocycles. The number of anilines is 1. The molecule has 0 aliphatic carbocycles. The third-order valence-corrected chi connectivity index (χ3v) is 3.45. The first-order valence-corrected chi connectivity index (χ1v) is 6.29. The second-order valence-electron chi connectivity index (χ2n) is 4.58. The molecule has 2 amide bonds. The second-order valence-corrected chi connectivity index (χ2v) is 4.58. The average Bonchev–Trinajstić information content (AvgIpc) is 2.89. The summed E-state index contributed by atoms with van der Waals surface area (Å²) in [5, 5.41) is 9.80. The summed E-state index contributed by atoms with van der Waals surface area (Å²) in [5.74, 6) is -1.25. The fraction of sp³-hybridized carbons (Fsp3) is 0.308. The van der Waals surface area contributed by atoms with E-state index in [2.05, 4.69) is 5.43 Å². The van der Waals surface area contributed by atoms with Crippen LogP contribution in [0.25, 0.3) is 0 Å². The van der Waals surface area contributed by atoms with Gasteiger partial charge in [-0.15, -0.1) is 0 Å². The lowest BCUT2D eigenvalue weighted by Crippen LogP contribution is -2.67. The number of nitriles is 1. The summed E-state index contributed by atoms with van der Waals surface area (Å²) in [4.78, 5) is 27.3. The zero-order valence-electron chi connectivity index (χ0n) is 10.7. The molecule has 0 bridgehead atoms. The van der Waals surface area contributed by atoms with Crippen molar-refractivity contribution in [1.82, 2.24) is 15.3 Å².